The van der Waals surface area contributed by atoms with Gasteiger partial charge in [0.1, 0.15) is 0 Å². The number of pyridine rings is 1. The summed E-state index contributed by atoms with van der Waals surface area (Å²) in [6.45, 7) is 4.86. The summed E-state index contributed by atoms with van der Waals surface area (Å²) in [6, 6.07) is 9.81. The van der Waals surface area contributed by atoms with Crippen LogP contribution in [0.15, 0.2) is 48.9 Å². The molecule has 2 aromatic heterocycles. The molecule has 30 heavy (non-hydrogen) atoms. The average Bonchev–Trinajstić information content (AvgIpc) is 3.34. The number of amides is 2. The number of carbonyl (C=O) groups is 2. The fourth-order valence-corrected chi connectivity index (χ4v) is 3.61. The quantitative estimate of drug-likeness (QED) is 0.710. The Morgan fingerprint density at radius 2 is 2.00 bits per heavy atom. The van der Waals surface area contributed by atoms with Gasteiger partial charge in [-0.3, -0.25) is 19.3 Å². The lowest BCUT2D eigenvalue weighted by atomic mass is 10.1. The monoisotopic (exact) mass is 403 g/mol. The van der Waals surface area contributed by atoms with Crippen molar-refractivity contribution < 1.29 is 9.59 Å². The number of nitrogens with zero attached hydrogens (tertiary/aromatic N) is 4. The van der Waals surface area contributed by atoms with Gasteiger partial charge in [0.05, 0.1) is 17.8 Å². The maximum absolute atomic E-state index is 12.6. The third-order valence-corrected chi connectivity index (χ3v) is 5.59. The van der Waals surface area contributed by atoms with E-state index in [4.69, 9.17) is 0 Å². The maximum Gasteiger partial charge on any atom is 0.227 e. The minimum atomic E-state index is -0.346. The number of hydrogen-bond acceptors (Lipinski definition) is 4. The van der Waals surface area contributed by atoms with Crippen LogP contribution in [0.1, 0.15) is 23.1 Å². The Balaban J connectivity index is 1.35. The summed E-state index contributed by atoms with van der Waals surface area (Å²) in [7, 11) is 1.86. The molecule has 1 saturated heterocycles. The maximum atomic E-state index is 12.6. The molecule has 1 fully saturated rings. The van der Waals surface area contributed by atoms with E-state index in [9.17, 15) is 9.59 Å². The van der Waals surface area contributed by atoms with Crippen molar-refractivity contribution >= 4 is 17.5 Å². The second-order valence-electron chi connectivity index (χ2n) is 7.85. The fourth-order valence-electron chi connectivity index (χ4n) is 3.61. The van der Waals surface area contributed by atoms with E-state index in [0.717, 1.165) is 28.1 Å². The highest BCUT2D eigenvalue weighted by Gasteiger charge is 2.35. The van der Waals surface area contributed by atoms with E-state index in [2.05, 4.69) is 15.4 Å². The molecule has 0 aliphatic carbocycles. The molecule has 154 valence electrons. The zero-order valence-electron chi connectivity index (χ0n) is 17.4. The van der Waals surface area contributed by atoms with Gasteiger partial charge in [0.15, 0.2) is 0 Å². The van der Waals surface area contributed by atoms with E-state index in [-0.39, 0.29) is 24.2 Å². The average molecular weight is 403 g/mol. The largest absolute Gasteiger partial charge is 0.352 e. The molecule has 2 amide bonds. The molecule has 1 aliphatic heterocycles. The molecule has 1 aliphatic rings. The standard InChI is InChI=1S/C23H25N5O2/c1-15-4-6-20(8-16(15)2)28-14-18(9-22(28)29)23(30)25-11-17-5-7-21(24-10-17)19-12-26-27(3)13-19/h4-8,10,12-13,18H,9,11,14H2,1-3H3,(H,25,30). The lowest BCUT2D eigenvalue weighted by Crippen LogP contribution is -2.32. The predicted molar refractivity (Wildman–Crippen MR) is 115 cm³/mol. The Hall–Kier alpha value is -3.48. The second kappa shape index (κ2) is 8.10. The van der Waals surface area contributed by atoms with Crippen LogP contribution in [-0.4, -0.2) is 33.1 Å². The molecule has 7 heteroatoms. The van der Waals surface area contributed by atoms with Gasteiger partial charge < -0.3 is 10.2 Å². The first-order valence-electron chi connectivity index (χ1n) is 10.00. The molecule has 3 heterocycles. The molecule has 0 bridgehead atoms. The van der Waals surface area contributed by atoms with Crippen LogP contribution in [-0.2, 0) is 23.2 Å². The molecule has 7 nitrogen and oxygen atoms in total. The van der Waals surface area contributed by atoms with Crippen molar-refractivity contribution in [2.45, 2.75) is 26.8 Å². The molecule has 0 saturated carbocycles. The molecule has 1 N–H and O–H groups in total. The lowest BCUT2D eigenvalue weighted by Gasteiger charge is -2.18. The van der Waals surface area contributed by atoms with Crippen LogP contribution >= 0.6 is 0 Å². The van der Waals surface area contributed by atoms with E-state index >= 15 is 0 Å². The Labute approximate surface area is 175 Å². The van der Waals surface area contributed by atoms with Crippen molar-refractivity contribution in [3.05, 3.63) is 65.6 Å². The third kappa shape index (κ3) is 4.10. The van der Waals surface area contributed by atoms with Crippen molar-refractivity contribution in [2.24, 2.45) is 13.0 Å². The highest BCUT2D eigenvalue weighted by atomic mass is 16.2. The van der Waals surface area contributed by atoms with Crippen molar-refractivity contribution in [3.63, 3.8) is 0 Å². The van der Waals surface area contributed by atoms with Gasteiger partial charge in [-0.25, -0.2) is 0 Å². The number of nitrogens with one attached hydrogen (secondary N) is 1. The number of rotatable bonds is 5. The lowest BCUT2D eigenvalue weighted by molar-refractivity contribution is -0.126. The molecule has 1 unspecified atom stereocenters. The highest BCUT2D eigenvalue weighted by Crippen LogP contribution is 2.27. The van der Waals surface area contributed by atoms with Gasteiger partial charge in [0.2, 0.25) is 11.8 Å². The second-order valence-corrected chi connectivity index (χ2v) is 7.85. The van der Waals surface area contributed by atoms with Gasteiger partial charge in [-0.2, -0.15) is 5.10 Å². The Morgan fingerprint density at radius 3 is 2.67 bits per heavy atom. The van der Waals surface area contributed by atoms with Gasteiger partial charge in [0.25, 0.3) is 0 Å². The number of aromatic nitrogens is 3. The first-order chi connectivity index (χ1) is 14.4. The first kappa shape index (κ1) is 19.8. The number of aryl methyl sites for hydroxylation is 3. The molecule has 1 aromatic carbocycles. The SMILES string of the molecule is Cc1ccc(N2CC(C(=O)NCc3ccc(-c4cnn(C)c4)nc3)CC2=O)cc1C. The topological polar surface area (TPSA) is 80.1 Å². The van der Waals surface area contributed by atoms with Crippen LogP contribution in [0.25, 0.3) is 11.3 Å². The summed E-state index contributed by atoms with van der Waals surface area (Å²) in [5.74, 6) is -0.464. The van der Waals surface area contributed by atoms with Crippen LogP contribution < -0.4 is 10.2 Å². The van der Waals surface area contributed by atoms with Gasteiger partial charge in [-0.05, 0) is 48.7 Å². The molecular weight excluding hydrogens is 378 g/mol. The number of benzene rings is 1. The summed E-state index contributed by atoms with van der Waals surface area (Å²) in [4.78, 5) is 31.3. The van der Waals surface area contributed by atoms with E-state index in [0.29, 0.717) is 13.1 Å². The van der Waals surface area contributed by atoms with Crippen LogP contribution in [0.2, 0.25) is 0 Å². The van der Waals surface area contributed by atoms with E-state index in [1.807, 2.05) is 57.4 Å². The minimum Gasteiger partial charge on any atom is -0.352 e. The van der Waals surface area contributed by atoms with Crippen LogP contribution in [0.3, 0.4) is 0 Å². The summed E-state index contributed by atoms with van der Waals surface area (Å²) in [5, 5.41) is 7.09. The summed E-state index contributed by atoms with van der Waals surface area (Å²) >= 11 is 0. The third-order valence-electron chi connectivity index (χ3n) is 5.59. The van der Waals surface area contributed by atoms with Crippen LogP contribution in [0, 0.1) is 19.8 Å². The van der Waals surface area contributed by atoms with Gasteiger partial charge >= 0.3 is 0 Å². The van der Waals surface area contributed by atoms with Gasteiger partial charge in [-0.1, -0.05) is 12.1 Å². The van der Waals surface area contributed by atoms with Crippen molar-refractivity contribution in [1.29, 1.82) is 0 Å². The summed E-state index contributed by atoms with van der Waals surface area (Å²) in [6.07, 6.45) is 5.66. The normalized spacial score (nSPS) is 16.2. The molecular formula is C23H25N5O2. The minimum absolute atomic E-state index is 0.0131. The Bertz CT molecular complexity index is 1090. The summed E-state index contributed by atoms with van der Waals surface area (Å²) < 4.78 is 1.73. The van der Waals surface area contributed by atoms with E-state index < -0.39 is 0 Å². The molecule has 1 atom stereocenters. The van der Waals surface area contributed by atoms with Crippen molar-refractivity contribution in [1.82, 2.24) is 20.1 Å². The number of carbonyl (C=O) groups excluding carboxylic acids is 2. The molecule has 0 spiro atoms. The van der Waals surface area contributed by atoms with Crippen molar-refractivity contribution in [3.8, 4) is 11.3 Å². The van der Waals surface area contributed by atoms with E-state index in [1.165, 1.54) is 5.56 Å². The zero-order chi connectivity index (χ0) is 21.3. The highest BCUT2D eigenvalue weighted by molar-refractivity contribution is 6.00. The predicted octanol–water partition coefficient (Wildman–Crippen LogP) is 2.77. The van der Waals surface area contributed by atoms with E-state index in [1.54, 1.807) is 22.0 Å². The molecule has 0 radical (unpaired) electrons. The molecule has 4 rings (SSSR count). The van der Waals surface area contributed by atoms with Gasteiger partial charge in [-0.15, -0.1) is 0 Å². The number of hydrogen-bond donors (Lipinski definition) is 1. The van der Waals surface area contributed by atoms with Crippen LogP contribution in [0.5, 0.6) is 0 Å². The zero-order valence-corrected chi connectivity index (χ0v) is 17.4. The van der Waals surface area contributed by atoms with Crippen molar-refractivity contribution in [2.75, 3.05) is 11.4 Å². The van der Waals surface area contributed by atoms with Crippen LogP contribution in [0.4, 0.5) is 5.69 Å². The summed E-state index contributed by atoms with van der Waals surface area (Å²) in [5.41, 5.74) is 5.87. The smallest absolute Gasteiger partial charge is 0.227 e. The Morgan fingerprint density at radius 1 is 1.17 bits per heavy atom. The molecule has 3 aromatic rings. The van der Waals surface area contributed by atoms with Gasteiger partial charge in [0, 0.05) is 50.2 Å². The Kier molecular flexibility index (Phi) is 5.35. The number of anilines is 1. The first-order valence-corrected chi connectivity index (χ1v) is 10.00. The fraction of sp³-hybridized carbons (Fsp3) is 0.304.